The normalized spacial score (nSPS) is 17.8. The van der Waals surface area contributed by atoms with Gasteiger partial charge < -0.3 is 10.2 Å². The Bertz CT molecular complexity index is 777. The van der Waals surface area contributed by atoms with Crippen molar-refractivity contribution in [1.29, 1.82) is 0 Å². The van der Waals surface area contributed by atoms with Gasteiger partial charge in [-0.15, -0.1) is 0 Å². The lowest BCUT2D eigenvalue weighted by Gasteiger charge is -2.20. The van der Waals surface area contributed by atoms with Gasteiger partial charge in [0.25, 0.3) is 11.1 Å². The maximum atomic E-state index is 13.0. The van der Waals surface area contributed by atoms with E-state index in [9.17, 15) is 33.0 Å². The monoisotopic (exact) mass is 403 g/mol. The van der Waals surface area contributed by atoms with Crippen LogP contribution < -0.4 is 0 Å². The number of rotatable bonds is 6. The van der Waals surface area contributed by atoms with Crippen molar-refractivity contribution >= 4 is 29.0 Å². The van der Waals surface area contributed by atoms with Crippen LogP contribution in [0.25, 0.3) is 6.08 Å². The number of carbonyl (C=O) groups is 2. The van der Waals surface area contributed by atoms with Gasteiger partial charge in [-0.2, -0.15) is 13.2 Å². The van der Waals surface area contributed by atoms with Crippen LogP contribution in [0.4, 0.5) is 18.0 Å². The van der Waals surface area contributed by atoms with Crippen LogP contribution in [0, 0.1) is 5.92 Å². The Morgan fingerprint density at radius 3 is 2.44 bits per heavy atom. The van der Waals surface area contributed by atoms with Crippen molar-refractivity contribution in [2.24, 2.45) is 5.92 Å². The number of hydrogen-bond donors (Lipinski definition) is 2. The fraction of sp³-hybridized carbons (Fsp3) is 0.444. The molecule has 1 aromatic rings. The average Bonchev–Trinajstić information content (AvgIpc) is 2.83. The number of imide groups is 1. The molecule has 1 heterocycles. The Labute approximate surface area is 158 Å². The molecule has 0 aliphatic carbocycles. The number of halogens is 3. The second-order valence-electron chi connectivity index (χ2n) is 6.29. The van der Waals surface area contributed by atoms with Crippen LogP contribution in [0.5, 0.6) is 11.5 Å². The molecule has 148 valence electrons. The smallest absolute Gasteiger partial charge is 0.420 e. The highest BCUT2D eigenvalue weighted by Crippen LogP contribution is 2.42. The lowest BCUT2D eigenvalue weighted by Crippen LogP contribution is -2.33. The summed E-state index contributed by atoms with van der Waals surface area (Å²) in [5, 5.41) is 18.5. The van der Waals surface area contributed by atoms with Crippen LogP contribution in [0.1, 0.15) is 44.2 Å². The van der Waals surface area contributed by atoms with Crippen LogP contribution in [-0.2, 0) is 11.0 Å². The van der Waals surface area contributed by atoms with Crippen molar-refractivity contribution in [3.8, 4) is 11.5 Å². The molecule has 1 unspecified atom stereocenters. The summed E-state index contributed by atoms with van der Waals surface area (Å²) in [7, 11) is 0. The first kappa shape index (κ1) is 21.1. The molecule has 1 atom stereocenters. The fourth-order valence-electron chi connectivity index (χ4n) is 2.84. The highest BCUT2D eigenvalue weighted by Gasteiger charge is 2.37. The molecule has 9 heteroatoms. The molecule has 1 fully saturated rings. The molecule has 5 nitrogen and oxygen atoms in total. The van der Waals surface area contributed by atoms with Gasteiger partial charge >= 0.3 is 6.18 Å². The summed E-state index contributed by atoms with van der Waals surface area (Å²) in [5.41, 5.74) is -1.55. The Balaban J connectivity index is 2.31. The first-order valence-electron chi connectivity index (χ1n) is 8.47. The molecular formula is C18H20F3NO4S. The SMILES string of the molecule is CCCC(CC)CN1C(=O)S/C(=C\c2cc(O)c(O)c(C(F)(F)F)c2)C1=O. The van der Waals surface area contributed by atoms with Gasteiger partial charge in [-0.05, 0) is 47.9 Å². The molecule has 0 radical (unpaired) electrons. The first-order chi connectivity index (χ1) is 12.6. The molecule has 2 N–H and O–H groups in total. The standard InChI is InChI=1S/C18H20F3NO4S/c1-3-5-10(4-2)9-22-16(25)14(27-17(22)26)8-11-6-12(18(19,20)21)15(24)13(23)7-11/h6-8,10,23-24H,3-5,9H2,1-2H3/b14-8-. The minimum absolute atomic E-state index is 0.0236. The van der Waals surface area contributed by atoms with E-state index in [1.165, 1.54) is 0 Å². The summed E-state index contributed by atoms with van der Waals surface area (Å²) in [5.74, 6) is -2.64. The minimum atomic E-state index is -4.88. The van der Waals surface area contributed by atoms with E-state index in [1.54, 1.807) is 0 Å². The molecule has 1 aliphatic rings. The number of hydrogen-bond acceptors (Lipinski definition) is 5. The fourth-order valence-corrected chi connectivity index (χ4v) is 3.69. The minimum Gasteiger partial charge on any atom is -0.504 e. The van der Waals surface area contributed by atoms with E-state index in [-0.39, 0.29) is 22.9 Å². The van der Waals surface area contributed by atoms with Crippen molar-refractivity contribution < 1.29 is 33.0 Å². The average molecular weight is 403 g/mol. The number of benzene rings is 1. The Hall–Kier alpha value is -2.16. The lowest BCUT2D eigenvalue weighted by molar-refractivity contribution is -0.139. The maximum Gasteiger partial charge on any atom is 0.420 e. The quantitative estimate of drug-likeness (QED) is 0.517. The summed E-state index contributed by atoms with van der Waals surface area (Å²) < 4.78 is 38.9. The number of amides is 2. The molecule has 0 bridgehead atoms. The number of carbonyl (C=O) groups excluding carboxylic acids is 2. The van der Waals surface area contributed by atoms with E-state index < -0.39 is 34.4 Å². The van der Waals surface area contributed by atoms with Gasteiger partial charge in [-0.3, -0.25) is 14.5 Å². The van der Waals surface area contributed by atoms with Gasteiger partial charge in [0.1, 0.15) is 5.56 Å². The van der Waals surface area contributed by atoms with Crippen molar-refractivity contribution in [2.45, 2.75) is 39.3 Å². The third kappa shape index (κ3) is 4.77. The topological polar surface area (TPSA) is 77.8 Å². The molecule has 0 aromatic heterocycles. The van der Waals surface area contributed by atoms with Crippen molar-refractivity contribution in [3.63, 3.8) is 0 Å². The molecule has 2 rings (SSSR count). The van der Waals surface area contributed by atoms with Gasteiger partial charge in [-0.25, -0.2) is 0 Å². The zero-order valence-corrected chi connectivity index (χ0v) is 15.7. The van der Waals surface area contributed by atoms with Gasteiger partial charge in [0, 0.05) is 6.54 Å². The number of phenols is 2. The molecule has 0 saturated carbocycles. The van der Waals surface area contributed by atoms with Crippen molar-refractivity contribution in [1.82, 2.24) is 4.90 Å². The molecule has 27 heavy (non-hydrogen) atoms. The van der Waals surface area contributed by atoms with E-state index in [0.717, 1.165) is 36.3 Å². The zero-order chi connectivity index (χ0) is 20.4. The molecule has 2 amide bonds. The first-order valence-corrected chi connectivity index (χ1v) is 9.28. The highest BCUT2D eigenvalue weighted by atomic mass is 32.2. The maximum absolute atomic E-state index is 13.0. The summed E-state index contributed by atoms with van der Waals surface area (Å²) in [6, 6.07) is 1.53. The predicted molar refractivity (Wildman–Crippen MR) is 96.1 cm³/mol. The van der Waals surface area contributed by atoms with Crippen molar-refractivity contribution in [3.05, 3.63) is 28.2 Å². The van der Waals surface area contributed by atoms with Crippen LogP contribution in [0.3, 0.4) is 0 Å². The van der Waals surface area contributed by atoms with E-state index in [0.29, 0.717) is 17.8 Å². The van der Waals surface area contributed by atoms with Gasteiger partial charge in [0.15, 0.2) is 11.5 Å². The van der Waals surface area contributed by atoms with Gasteiger partial charge in [0.2, 0.25) is 0 Å². The third-order valence-corrected chi connectivity index (χ3v) is 5.21. The second-order valence-corrected chi connectivity index (χ2v) is 7.28. The van der Waals surface area contributed by atoms with Crippen LogP contribution >= 0.6 is 11.8 Å². The van der Waals surface area contributed by atoms with E-state index in [4.69, 9.17) is 0 Å². The zero-order valence-electron chi connectivity index (χ0n) is 14.8. The second kappa shape index (κ2) is 8.24. The van der Waals surface area contributed by atoms with E-state index in [2.05, 4.69) is 0 Å². The summed E-state index contributed by atoms with van der Waals surface area (Å²) >= 11 is 0.644. The lowest BCUT2D eigenvalue weighted by atomic mass is 10.0. The molecule has 1 aromatic carbocycles. The van der Waals surface area contributed by atoms with Crippen LogP contribution in [-0.4, -0.2) is 32.8 Å². The number of nitrogens with zero attached hydrogens (tertiary/aromatic N) is 1. The van der Waals surface area contributed by atoms with E-state index >= 15 is 0 Å². The predicted octanol–water partition coefficient (Wildman–Crippen LogP) is 4.98. The summed E-state index contributed by atoms with van der Waals surface area (Å²) in [6.07, 6.45) is -1.19. The Morgan fingerprint density at radius 2 is 1.89 bits per heavy atom. The molecular weight excluding hydrogens is 383 g/mol. The number of alkyl halides is 3. The number of aromatic hydroxyl groups is 2. The number of thioether (sulfide) groups is 1. The third-order valence-electron chi connectivity index (χ3n) is 4.30. The number of phenolic OH excluding ortho intramolecular Hbond substituents is 2. The molecule has 0 spiro atoms. The van der Waals surface area contributed by atoms with Gasteiger partial charge in [0.05, 0.1) is 4.91 Å². The Morgan fingerprint density at radius 1 is 1.22 bits per heavy atom. The highest BCUT2D eigenvalue weighted by molar-refractivity contribution is 8.18. The molecule has 1 saturated heterocycles. The largest absolute Gasteiger partial charge is 0.504 e. The van der Waals surface area contributed by atoms with E-state index in [1.807, 2.05) is 13.8 Å². The molecule has 1 aliphatic heterocycles. The van der Waals surface area contributed by atoms with Crippen LogP contribution in [0.15, 0.2) is 17.0 Å². The van der Waals surface area contributed by atoms with Crippen LogP contribution in [0.2, 0.25) is 0 Å². The summed E-state index contributed by atoms with van der Waals surface area (Å²) in [6.45, 7) is 4.24. The Kier molecular flexibility index (Phi) is 6.46. The van der Waals surface area contributed by atoms with Gasteiger partial charge in [-0.1, -0.05) is 26.7 Å². The summed E-state index contributed by atoms with van der Waals surface area (Å²) in [4.78, 5) is 25.7. The van der Waals surface area contributed by atoms with Crippen molar-refractivity contribution in [2.75, 3.05) is 6.54 Å².